The van der Waals surface area contributed by atoms with Gasteiger partial charge in [-0.05, 0) is 32.4 Å². The summed E-state index contributed by atoms with van der Waals surface area (Å²) in [5.41, 5.74) is 10.9. The zero-order valence-electron chi connectivity index (χ0n) is 24.0. The van der Waals surface area contributed by atoms with Crippen LogP contribution in [0.2, 0.25) is 0 Å². The zero-order valence-corrected chi connectivity index (χ0v) is 25.6. The molecule has 1 aromatic carbocycles. The first-order chi connectivity index (χ1) is 20.1. The Morgan fingerprint density at radius 1 is 1.12 bits per heavy atom. The van der Waals surface area contributed by atoms with Gasteiger partial charge in [0.2, 0.25) is 0 Å². The standard InChI is InChI=1S/C29H33N5O6S2/c1-12-6-23(37)40-25-13(2)26-18(7-17(12)25)19(14(3)38-26)10-41-15(4)16(5)42-29-33-24-27(30)31-11-32-28(24)34(29)22-8-20(36)21(9-35)39-22/h6-7,11,15-16,20-22,35-36H,8-10H2,1-5H3,(H2,30,31,32). The molecular formula is C29H33N5O6S2. The number of imidazole rings is 1. The lowest BCUT2D eigenvalue weighted by Crippen LogP contribution is -2.24. The van der Waals surface area contributed by atoms with Gasteiger partial charge in [-0.15, -0.1) is 0 Å². The quantitative estimate of drug-likeness (QED) is 0.165. The van der Waals surface area contributed by atoms with Gasteiger partial charge in [-0.3, -0.25) is 4.57 Å². The Labute approximate surface area is 249 Å². The third-order valence-corrected chi connectivity index (χ3v) is 10.9. The van der Waals surface area contributed by atoms with E-state index in [1.165, 1.54) is 12.4 Å². The molecule has 5 heterocycles. The Balaban J connectivity index is 1.26. The minimum atomic E-state index is -0.796. The van der Waals surface area contributed by atoms with E-state index in [4.69, 9.17) is 24.3 Å². The van der Waals surface area contributed by atoms with Crippen molar-refractivity contribution in [3.63, 3.8) is 0 Å². The van der Waals surface area contributed by atoms with Crippen LogP contribution in [0.25, 0.3) is 33.1 Å². The summed E-state index contributed by atoms with van der Waals surface area (Å²) in [6.07, 6.45) is -0.324. The summed E-state index contributed by atoms with van der Waals surface area (Å²) >= 11 is 3.39. The number of fused-ring (bicyclic) bond motifs is 3. The fourth-order valence-electron chi connectivity index (χ4n) is 5.43. The average Bonchev–Trinajstić information content (AvgIpc) is 3.60. The number of aliphatic hydroxyl groups is 2. The zero-order chi connectivity index (χ0) is 29.9. The molecule has 1 fully saturated rings. The van der Waals surface area contributed by atoms with Crippen LogP contribution in [-0.2, 0) is 10.5 Å². The lowest BCUT2D eigenvalue weighted by Gasteiger charge is -2.21. The van der Waals surface area contributed by atoms with Gasteiger partial charge in [0.25, 0.3) is 0 Å². The van der Waals surface area contributed by atoms with Crippen molar-refractivity contribution in [3.8, 4) is 0 Å². The molecule has 0 radical (unpaired) electrons. The number of aliphatic hydroxyl groups excluding tert-OH is 2. The maximum absolute atomic E-state index is 12.0. The summed E-state index contributed by atoms with van der Waals surface area (Å²) in [4.78, 5) is 25.3. The number of benzene rings is 1. The number of ether oxygens (including phenoxy) is 1. The first-order valence-corrected chi connectivity index (χ1v) is 15.7. The van der Waals surface area contributed by atoms with Gasteiger partial charge in [0.1, 0.15) is 35.6 Å². The normalized spacial score (nSPS) is 20.7. The molecule has 0 spiro atoms. The summed E-state index contributed by atoms with van der Waals surface area (Å²) in [6, 6.07) is 3.58. The molecule has 13 heteroatoms. The van der Waals surface area contributed by atoms with Gasteiger partial charge in [-0.25, -0.2) is 19.7 Å². The number of aromatic nitrogens is 4. The molecule has 1 aliphatic heterocycles. The summed E-state index contributed by atoms with van der Waals surface area (Å²) in [5, 5.41) is 22.9. The number of hydrogen-bond acceptors (Lipinski definition) is 12. The van der Waals surface area contributed by atoms with Crippen LogP contribution in [0.3, 0.4) is 0 Å². The maximum atomic E-state index is 12.0. The van der Waals surface area contributed by atoms with E-state index >= 15 is 0 Å². The number of nitrogens with zero attached hydrogens (tertiary/aromatic N) is 4. The first-order valence-electron chi connectivity index (χ1n) is 13.7. The number of thioether (sulfide) groups is 2. The molecule has 6 rings (SSSR count). The highest BCUT2D eigenvalue weighted by Crippen LogP contribution is 2.41. The molecule has 0 amide bonds. The molecule has 222 valence electrons. The van der Waals surface area contributed by atoms with Gasteiger partial charge >= 0.3 is 5.63 Å². The molecule has 42 heavy (non-hydrogen) atoms. The molecular weight excluding hydrogens is 578 g/mol. The van der Waals surface area contributed by atoms with Crippen LogP contribution in [-0.4, -0.2) is 59.0 Å². The molecule has 1 aliphatic rings. The minimum absolute atomic E-state index is 0.122. The monoisotopic (exact) mass is 611 g/mol. The van der Waals surface area contributed by atoms with E-state index in [2.05, 4.69) is 29.9 Å². The fourth-order valence-corrected chi connectivity index (χ4v) is 7.88. The second-order valence-electron chi connectivity index (χ2n) is 10.8. The van der Waals surface area contributed by atoms with Crippen molar-refractivity contribution in [2.45, 2.75) is 80.9 Å². The molecule has 11 nitrogen and oxygen atoms in total. The molecule has 5 atom stereocenters. The van der Waals surface area contributed by atoms with Gasteiger partial charge in [0.15, 0.2) is 22.1 Å². The molecule has 4 N–H and O–H groups in total. The Morgan fingerprint density at radius 3 is 2.62 bits per heavy atom. The topological polar surface area (TPSA) is 163 Å². The minimum Gasteiger partial charge on any atom is -0.461 e. The third-order valence-electron chi connectivity index (χ3n) is 8.01. The fraction of sp³-hybridized carbons (Fsp3) is 0.448. The Hall–Kier alpha value is -3.10. The van der Waals surface area contributed by atoms with Crippen molar-refractivity contribution in [1.29, 1.82) is 0 Å². The SMILES string of the molecule is Cc1oc2c(C)c3oc(=O)cc(C)c3cc2c1CSC(C)C(C)Sc1nc2c(N)ncnc2n1C1CC(O)C(CO)O1. The highest BCUT2D eigenvalue weighted by molar-refractivity contribution is 8.03. The molecule has 4 aromatic heterocycles. The third kappa shape index (κ3) is 4.96. The van der Waals surface area contributed by atoms with Gasteiger partial charge in [-0.2, -0.15) is 11.8 Å². The largest absolute Gasteiger partial charge is 0.461 e. The smallest absolute Gasteiger partial charge is 0.336 e. The van der Waals surface area contributed by atoms with Crippen molar-refractivity contribution >= 4 is 62.4 Å². The van der Waals surface area contributed by atoms with Gasteiger partial charge in [0.05, 0.1) is 12.7 Å². The molecule has 1 saturated heterocycles. The second kappa shape index (κ2) is 11.2. The van der Waals surface area contributed by atoms with Gasteiger partial charge in [-0.1, -0.05) is 25.6 Å². The Morgan fingerprint density at radius 2 is 1.88 bits per heavy atom. The van der Waals surface area contributed by atoms with E-state index in [-0.39, 0.29) is 28.6 Å². The molecule has 0 aliphatic carbocycles. The van der Waals surface area contributed by atoms with Gasteiger partial charge < -0.3 is 29.5 Å². The predicted molar refractivity (Wildman–Crippen MR) is 164 cm³/mol. The van der Waals surface area contributed by atoms with Crippen molar-refractivity contribution in [3.05, 3.63) is 51.3 Å². The van der Waals surface area contributed by atoms with Crippen LogP contribution in [0.5, 0.6) is 0 Å². The van der Waals surface area contributed by atoms with Crippen LogP contribution in [0.4, 0.5) is 5.82 Å². The van der Waals surface area contributed by atoms with E-state index in [1.807, 2.05) is 37.1 Å². The van der Waals surface area contributed by atoms with Crippen molar-refractivity contribution in [1.82, 2.24) is 19.5 Å². The van der Waals surface area contributed by atoms with E-state index in [1.54, 1.807) is 11.8 Å². The lowest BCUT2D eigenvalue weighted by molar-refractivity contribution is -0.0458. The highest BCUT2D eigenvalue weighted by atomic mass is 32.2. The number of aryl methyl sites for hydroxylation is 3. The summed E-state index contributed by atoms with van der Waals surface area (Å²) in [7, 11) is 0. The van der Waals surface area contributed by atoms with Crippen LogP contribution >= 0.6 is 23.5 Å². The molecule has 0 bridgehead atoms. The summed E-state index contributed by atoms with van der Waals surface area (Å²) < 4.78 is 19.5. The van der Waals surface area contributed by atoms with E-state index in [9.17, 15) is 15.0 Å². The predicted octanol–water partition coefficient (Wildman–Crippen LogP) is 4.63. The van der Waals surface area contributed by atoms with Crippen LogP contribution in [0, 0.1) is 20.8 Å². The Kier molecular flexibility index (Phi) is 7.73. The van der Waals surface area contributed by atoms with E-state index < -0.39 is 18.4 Å². The molecule has 0 saturated carbocycles. The highest BCUT2D eigenvalue weighted by Gasteiger charge is 2.37. The number of rotatable bonds is 8. The average molecular weight is 612 g/mol. The number of anilines is 1. The number of nitrogen functional groups attached to an aromatic ring is 1. The number of furan rings is 1. The first kappa shape index (κ1) is 29.0. The van der Waals surface area contributed by atoms with E-state index in [0.717, 1.165) is 44.6 Å². The van der Waals surface area contributed by atoms with Gasteiger partial charge in [0, 0.05) is 50.6 Å². The summed E-state index contributed by atoms with van der Waals surface area (Å²) in [5.74, 6) is 1.85. The lowest BCUT2D eigenvalue weighted by atomic mass is 10.0. The number of hydrogen-bond donors (Lipinski definition) is 3. The van der Waals surface area contributed by atoms with E-state index in [0.29, 0.717) is 28.3 Å². The molecule has 5 aromatic rings. The van der Waals surface area contributed by atoms with Crippen LogP contribution < -0.4 is 11.4 Å². The summed E-state index contributed by atoms with van der Waals surface area (Å²) in [6.45, 7) is 9.85. The van der Waals surface area contributed by atoms with Crippen LogP contribution in [0.15, 0.2) is 37.2 Å². The maximum Gasteiger partial charge on any atom is 0.336 e. The van der Waals surface area contributed by atoms with Crippen molar-refractivity contribution in [2.75, 3.05) is 12.3 Å². The Bertz CT molecular complexity index is 1870. The van der Waals surface area contributed by atoms with Crippen molar-refractivity contribution in [2.24, 2.45) is 0 Å². The van der Waals surface area contributed by atoms with Crippen LogP contribution in [0.1, 0.15) is 48.9 Å². The number of nitrogens with two attached hydrogens (primary N) is 1. The van der Waals surface area contributed by atoms with Crippen molar-refractivity contribution < 1.29 is 23.8 Å². The second-order valence-corrected chi connectivity index (χ2v) is 13.5. The molecule has 5 unspecified atom stereocenters.